The Balaban J connectivity index is 1.33. The molecule has 0 bridgehead atoms. The van der Waals surface area contributed by atoms with Crippen LogP contribution >= 0.6 is 0 Å². The van der Waals surface area contributed by atoms with Crippen LogP contribution in [0.2, 0.25) is 0 Å². The molecule has 1 amide bonds. The maximum atomic E-state index is 11.4. The molecule has 1 fully saturated rings. The minimum Gasteiger partial charge on any atom is -0.494 e. The number of carbonyl (C=O) groups is 1. The number of ether oxygens (including phenoxy) is 2. The van der Waals surface area contributed by atoms with Gasteiger partial charge in [-0.25, -0.2) is 4.99 Å². The van der Waals surface area contributed by atoms with Gasteiger partial charge in [0.2, 0.25) is 0 Å². The second kappa shape index (κ2) is 8.58. The van der Waals surface area contributed by atoms with Crippen LogP contribution in [0.4, 0.5) is 0 Å². The van der Waals surface area contributed by atoms with Gasteiger partial charge < -0.3 is 14.4 Å². The Hall–Kier alpha value is -2.70. The molecule has 30 heavy (non-hydrogen) atoms. The molecule has 0 N–H and O–H groups in total. The zero-order valence-corrected chi connectivity index (χ0v) is 17.2. The van der Waals surface area contributed by atoms with E-state index in [9.17, 15) is 4.79 Å². The summed E-state index contributed by atoms with van der Waals surface area (Å²) in [5, 5.41) is 0. The van der Waals surface area contributed by atoms with Crippen molar-refractivity contribution < 1.29 is 14.3 Å². The van der Waals surface area contributed by atoms with E-state index < -0.39 is 0 Å². The number of carbonyl (C=O) groups excluding carboxylic acids is 1. The van der Waals surface area contributed by atoms with E-state index in [1.54, 1.807) is 12.3 Å². The molecule has 6 nitrogen and oxygen atoms in total. The van der Waals surface area contributed by atoms with Gasteiger partial charge >= 0.3 is 0 Å². The van der Waals surface area contributed by atoms with Crippen LogP contribution in [-0.4, -0.2) is 74.5 Å². The first-order valence-electron chi connectivity index (χ1n) is 10.8. The van der Waals surface area contributed by atoms with Gasteiger partial charge in [-0.2, -0.15) is 0 Å². The molecule has 1 aromatic carbocycles. The molecule has 1 saturated heterocycles. The first-order valence-corrected chi connectivity index (χ1v) is 10.8. The van der Waals surface area contributed by atoms with E-state index in [1.165, 1.54) is 22.4 Å². The zero-order valence-electron chi connectivity index (χ0n) is 17.2. The van der Waals surface area contributed by atoms with Crippen molar-refractivity contribution in [1.82, 2.24) is 9.80 Å². The molecule has 0 aliphatic carbocycles. The number of allylic oxidation sites excluding steroid dienone is 2. The molecule has 0 unspecified atom stereocenters. The fourth-order valence-corrected chi connectivity index (χ4v) is 4.52. The van der Waals surface area contributed by atoms with E-state index >= 15 is 0 Å². The van der Waals surface area contributed by atoms with Crippen molar-refractivity contribution in [2.75, 3.05) is 52.5 Å². The summed E-state index contributed by atoms with van der Waals surface area (Å²) < 4.78 is 11.5. The van der Waals surface area contributed by atoms with Gasteiger partial charge in [0.05, 0.1) is 19.8 Å². The van der Waals surface area contributed by atoms with Crippen molar-refractivity contribution in [3.8, 4) is 5.75 Å². The maximum Gasteiger partial charge on any atom is 0.269 e. The molecule has 0 aromatic heterocycles. The fraction of sp³-hybridized carbons (Fsp3) is 0.417. The summed E-state index contributed by atoms with van der Waals surface area (Å²) >= 11 is 0. The van der Waals surface area contributed by atoms with Crippen molar-refractivity contribution in [3.05, 3.63) is 53.1 Å². The lowest BCUT2D eigenvalue weighted by Gasteiger charge is -2.32. The summed E-state index contributed by atoms with van der Waals surface area (Å²) in [5.74, 6) is 0.718. The van der Waals surface area contributed by atoms with Gasteiger partial charge in [0.1, 0.15) is 5.75 Å². The largest absolute Gasteiger partial charge is 0.494 e. The SMILES string of the molecule is O=C1C=CC(=C2CN3CCC=C3c3cc(OCCCN4CCOCC4)ccc32)C=N1. The number of hydrogen-bond acceptors (Lipinski definition) is 5. The highest BCUT2D eigenvalue weighted by Crippen LogP contribution is 2.40. The Bertz CT molecular complexity index is 936. The van der Waals surface area contributed by atoms with E-state index in [1.807, 2.05) is 6.08 Å². The van der Waals surface area contributed by atoms with Crippen LogP contribution in [0.3, 0.4) is 0 Å². The van der Waals surface area contributed by atoms with E-state index in [0.717, 1.165) is 70.1 Å². The van der Waals surface area contributed by atoms with Crippen molar-refractivity contribution in [2.24, 2.45) is 4.99 Å². The van der Waals surface area contributed by atoms with E-state index in [-0.39, 0.29) is 5.91 Å². The van der Waals surface area contributed by atoms with Gasteiger partial charge in [-0.1, -0.05) is 12.1 Å². The minimum absolute atomic E-state index is 0.196. The predicted molar refractivity (Wildman–Crippen MR) is 118 cm³/mol. The van der Waals surface area contributed by atoms with Gasteiger partial charge in [0, 0.05) is 56.3 Å². The van der Waals surface area contributed by atoms with E-state index in [0.29, 0.717) is 6.61 Å². The smallest absolute Gasteiger partial charge is 0.269 e. The number of rotatable bonds is 5. The van der Waals surface area contributed by atoms with Crippen LogP contribution in [0.25, 0.3) is 11.3 Å². The van der Waals surface area contributed by atoms with Gasteiger partial charge in [0.15, 0.2) is 0 Å². The minimum atomic E-state index is -0.196. The molecular weight excluding hydrogens is 378 g/mol. The van der Waals surface area contributed by atoms with Crippen LogP contribution in [0, 0.1) is 0 Å². The zero-order chi connectivity index (χ0) is 20.3. The predicted octanol–water partition coefficient (Wildman–Crippen LogP) is 2.77. The van der Waals surface area contributed by atoms with Crippen molar-refractivity contribution in [3.63, 3.8) is 0 Å². The Morgan fingerprint density at radius 3 is 2.83 bits per heavy atom. The van der Waals surface area contributed by atoms with Crippen LogP contribution < -0.4 is 4.74 Å². The Labute approximate surface area is 177 Å². The lowest BCUT2D eigenvalue weighted by atomic mass is 9.89. The number of morpholine rings is 1. The van der Waals surface area contributed by atoms with Crippen LogP contribution in [0.5, 0.6) is 5.75 Å². The standard InChI is InChI=1S/C24H27N3O3/c28-24-7-4-18(16-25-24)22-17-27-9-1-3-23(27)21-15-19(5-6-20(21)22)30-12-2-8-26-10-13-29-14-11-26/h3-7,15-16H,1-2,8-14,17H2. The van der Waals surface area contributed by atoms with Crippen LogP contribution in [0.15, 0.2) is 47.0 Å². The lowest BCUT2D eigenvalue weighted by molar-refractivity contribution is -0.113. The summed E-state index contributed by atoms with van der Waals surface area (Å²) in [5.41, 5.74) is 5.95. The molecule has 1 aromatic rings. The average Bonchev–Trinajstić information content (AvgIpc) is 3.26. The molecule has 156 valence electrons. The summed E-state index contributed by atoms with van der Waals surface area (Å²) in [4.78, 5) is 20.3. The van der Waals surface area contributed by atoms with Crippen LogP contribution in [0.1, 0.15) is 24.0 Å². The topological polar surface area (TPSA) is 54.4 Å². The molecule has 0 saturated carbocycles. The molecule has 4 heterocycles. The molecule has 6 heteroatoms. The molecule has 0 atom stereocenters. The van der Waals surface area contributed by atoms with Gasteiger partial charge in [-0.05, 0) is 47.8 Å². The molecule has 4 aliphatic rings. The van der Waals surface area contributed by atoms with Gasteiger partial charge in [-0.3, -0.25) is 9.69 Å². The first kappa shape index (κ1) is 19.3. The van der Waals surface area contributed by atoms with Crippen molar-refractivity contribution >= 4 is 23.4 Å². The number of benzene rings is 1. The van der Waals surface area contributed by atoms with Crippen molar-refractivity contribution in [2.45, 2.75) is 12.8 Å². The number of nitrogens with zero attached hydrogens (tertiary/aromatic N) is 3. The van der Waals surface area contributed by atoms with Crippen molar-refractivity contribution in [1.29, 1.82) is 0 Å². The number of hydrogen-bond donors (Lipinski definition) is 0. The normalized spacial score (nSPS) is 23.4. The molecular formula is C24H27N3O3. The van der Waals surface area contributed by atoms with Gasteiger partial charge in [-0.15, -0.1) is 0 Å². The number of fused-ring (bicyclic) bond motifs is 3. The number of aliphatic imine (C=N–C) groups is 1. The van der Waals surface area contributed by atoms with Gasteiger partial charge in [0.25, 0.3) is 5.91 Å². The Morgan fingerprint density at radius 1 is 1.10 bits per heavy atom. The second-order valence-electron chi connectivity index (χ2n) is 8.03. The van der Waals surface area contributed by atoms with E-state index in [4.69, 9.17) is 9.47 Å². The second-order valence-corrected chi connectivity index (χ2v) is 8.03. The maximum absolute atomic E-state index is 11.4. The monoisotopic (exact) mass is 405 g/mol. The Morgan fingerprint density at radius 2 is 2.00 bits per heavy atom. The summed E-state index contributed by atoms with van der Waals surface area (Å²) in [6.45, 7) is 7.34. The fourth-order valence-electron chi connectivity index (χ4n) is 4.52. The Kier molecular flexibility index (Phi) is 5.51. The molecule has 0 radical (unpaired) electrons. The van der Waals surface area contributed by atoms with E-state index in [2.05, 4.69) is 39.1 Å². The first-order chi connectivity index (χ1) is 14.8. The quantitative estimate of drug-likeness (QED) is 0.705. The third kappa shape index (κ3) is 3.98. The molecule has 0 spiro atoms. The summed E-state index contributed by atoms with van der Waals surface area (Å²) in [6.07, 6.45) is 9.51. The third-order valence-corrected chi connectivity index (χ3v) is 6.09. The lowest BCUT2D eigenvalue weighted by Crippen LogP contribution is -2.37. The molecule has 4 aliphatic heterocycles. The van der Waals surface area contributed by atoms with Crippen LogP contribution in [-0.2, 0) is 9.53 Å². The number of amides is 1. The average molecular weight is 405 g/mol. The summed E-state index contributed by atoms with van der Waals surface area (Å²) in [6, 6.07) is 6.39. The third-order valence-electron chi connectivity index (χ3n) is 6.09. The highest BCUT2D eigenvalue weighted by molar-refractivity contribution is 6.08. The number of dihydropyridines is 1. The summed E-state index contributed by atoms with van der Waals surface area (Å²) in [7, 11) is 0. The highest BCUT2D eigenvalue weighted by atomic mass is 16.5. The molecule has 5 rings (SSSR count). The highest BCUT2D eigenvalue weighted by Gasteiger charge is 2.28.